The van der Waals surface area contributed by atoms with Crippen molar-refractivity contribution in [2.45, 2.75) is 51.3 Å². The molecule has 0 amide bonds. The van der Waals surface area contributed by atoms with Gasteiger partial charge in [0.2, 0.25) is 0 Å². The molecule has 1 aliphatic carbocycles. The SMILES string of the molecule is CCC1CCC(C(O)Cc2ccc(C(F)(F)F)cc2)C1. The Kier molecular flexibility index (Phi) is 4.74. The predicted molar refractivity (Wildman–Crippen MR) is 72.3 cm³/mol. The number of alkyl halides is 3. The third kappa shape index (κ3) is 3.75. The Bertz CT molecular complexity index is 424. The first-order valence-electron chi connectivity index (χ1n) is 7.24. The van der Waals surface area contributed by atoms with Gasteiger partial charge in [-0.05, 0) is 48.8 Å². The zero-order valence-electron chi connectivity index (χ0n) is 11.7. The summed E-state index contributed by atoms with van der Waals surface area (Å²) < 4.78 is 37.4. The summed E-state index contributed by atoms with van der Waals surface area (Å²) in [4.78, 5) is 0. The molecule has 4 heteroatoms. The van der Waals surface area contributed by atoms with E-state index in [0.29, 0.717) is 18.3 Å². The van der Waals surface area contributed by atoms with Crippen molar-refractivity contribution in [2.75, 3.05) is 0 Å². The summed E-state index contributed by atoms with van der Waals surface area (Å²) >= 11 is 0. The highest BCUT2D eigenvalue weighted by molar-refractivity contribution is 5.25. The van der Waals surface area contributed by atoms with Crippen molar-refractivity contribution in [1.82, 2.24) is 0 Å². The minimum atomic E-state index is -4.29. The topological polar surface area (TPSA) is 20.2 Å². The number of aliphatic hydroxyl groups is 1. The van der Waals surface area contributed by atoms with E-state index in [1.54, 1.807) is 0 Å². The van der Waals surface area contributed by atoms with Crippen molar-refractivity contribution < 1.29 is 18.3 Å². The largest absolute Gasteiger partial charge is 0.416 e. The van der Waals surface area contributed by atoms with E-state index < -0.39 is 17.8 Å². The van der Waals surface area contributed by atoms with Gasteiger partial charge in [-0.2, -0.15) is 13.2 Å². The maximum Gasteiger partial charge on any atom is 0.416 e. The molecule has 1 nitrogen and oxygen atoms in total. The van der Waals surface area contributed by atoms with Crippen LogP contribution in [-0.2, 0) is 12.6 Å². The van der Waals surface area contributed by atoms with E-state index in [9.17, 15) is 18.3 Å². The van der Waals surface area contributed by atoms with E-state index >= 15 is 0 Å². The lowest BCUT2D eigenvalue weighted by Crippen LogP contribution is -2.20. The molecule has 3 unspecified atom stereocenters. The van der Waals surface area contributed by atoms with E-state index in [2.05, 4.69) is 6.92 Å². The van der Waals surface area contributed by atoms with Gasteiger partial charge < -0.3 is 5.11 Å². The molecule has 1 saturated carbocycles. The molecule has 0 saturated heterocycles. The highest BCUT2D eigenvalue weighted by Gasteiger charge is 2.31. The van der Waals surface area contributed by atoms with E-state index in [0.717, 1.165) is 43.4 Å². The normalized spacial score (nSPS) is 24.9. The first-order chi connectivity index (χ1) is 9.40. The molecule has 1 aromatic rings. The number of benzene rings is 1. The molecule has 0 bridgehead atoms. The third-order valence-electron chi connectivity index (χ3n) is 4.43. The Hall–Kier alpha value is -1.03. The summed E-state index contributed by atoms with van der Waals surface area (Å²) in [5.41, 5.74) is 0.133. The Morgan fingerprint density at radius 2 is 1.85 bits per heavy atom. The molecular weight excluding hydrogens is 265 g/mol. The highest BCUT2D eigenvalue weighted by atomic mass is 19.4. The zero-order valence-corrected chi connectivity index (χ0v) is 11.7. The predicted octanol–water partition coefficient (Wildman–Crippen LogP) is 4.44. The molecule has 112 valence electrons. The lowest BCUT2D eigenvalue weighted by molar-refractivity contribution is -0.137. The molecule has 1 N–H and O–H groups in total. The quantitative estimate of drug-likeness (QED) is 0.868. The van der Waals surface area contributed by atoms with Crippen LogP contribution < -0.4 is 0 Å². The maximum absolute atomic E-state index is 12.5. The van der Waals surface area contributed by atoms with Crippen LogP contribution in [0.15, 0.2) is 24.3 Å². The van der Waals surface area contributed by atoms with Crippen LogP contribution in [0.5, 0.6) is 0 Å². The fourth-order valence-electron chi connectivity index (χ4n) is 3.07. The second-order valence-corrected chi connectivity index (χ2v) is 5.81. The summed E-state index contributed by atoms with van der Waals surface area (Å²) in [5, 5.41) is 10.2. The molecule has 1 fully saturated rings. The van der Waals surface area contributed by atoms with Gasteiger partial charge in [0.15, 0.2) is 0 Å². The molecule has 20 heavy (non-hydrogen) atoms. The van der Waals surface area contributed by atoms with Crippen LogP contribution >= 0.6 is 0 Å². The molecule has 3 atom stereocenters. The van der Waals surface area contributed by atoms with Gasteiger partial charge in [-0.15, -0.1) is 0 Å². The highest BCUT2D eigenvalue weighted by Crippen LogP contribution is 2.36. The fourth-order valence-corrected chi connectivity index (χ4v) is 3.07. The van der Waals surface area contributed by atoms with E-state index in [-0.39, 0.29) is 0 Å². The van der Waals surface area contributed by atoms with Crippen LogP contribution in [0.4, 0.5) is 13.2 Å². The second kappa shape index (κ2) is 6.17. The summed E-state index contributed by atoms with van der Waals surface area (Å²) in [6, 6.07) is 5.12. The van der Waals surface area contributed by atoms with Gasteiger partial charge in [-0.25, -0.2) is 0 Å². The molecule has 0 spiro atoms. The van der Waals surface area contributed by atoms with Gasteiger partial charge in [0.05, 0.1) is 11.7 Å². The van der Waals surface area contributed by atoms with Crippen LogP contribution in [0.25, 0.3) is 0 Å². The van der Waals surface area contributed by atoms with Crippen LogP contribution in [-0.4, -0.2) is 11.2 Å². The molecule has 0 heterocycles. The lowest BCUT2D eigenvalue weighted by atomic mass is 9.93. The summed E-state index contributed by atoms with van der Waals surface area (Å²) in [7, 11) is 0. The average Bonchev–Trinajstić information content (AvgIpc) is 2.87. The molecule has 0 aliphatic heterocycles. The molecule has 2 rings (SSSR count). The number of hydrogen-bond acceptors (Lipinski definition) is 1. The van der Waals surface area contributed by atoms with Gasteiger partial charge in [-0.1, -0.05) is 31.9 Å². The van der Waals surface area contributed by atoms with E-state index in [1.807, 2.05) is 0 Å². The molecule has 1 aliphatic rings. The monoisotopic (exact) mass is 286 g/mol. The van der Waals surface area contributed by atoms with Gasteiger partial charge in [0.25, 0.3) is 0 Å². The number of aliphatic hydroxyl groups excluding tert-OH is 1. The summed E-state index contributed by atoms with van der Waals surface area (Å²) in [6.45, 7) is 2.16. The first-order valence-corrected chi connectivity index (χ1v) is 7.24. The fraction of sp³-hybridized carbons (Fsp3) is 0.625. The second-order valence-electron chi connectivity index (χ2n) is 5.81. The smallest absolute Gasteiger partial charge is 0.392 e. The number of rotatable bonds is 4. The van der Waals surface area contributed by atoms with E-state index in [4.69, 9.17) is 0 Å². The Balaban J connectivity index is 1.93. The summed E-state index contributed by atoms with van der Waals surface area (Å²) in [6.07, 6.45) is 0.0760. The standard InChI is InChI=1S/C16H21F3O/c1-2-11-3-6-13(9-11)15(20)10-12-4-7-14(8-5-12)16(17,18)19/h4-5,7-8,11,13,15,20H,2-3,6,9-10H2,1H3. The van der Waals surface area contributed by atoms with Crippen molar-refractivity contribution >= 4 is 0 Å². The van der Waals surface area contributed by atoms with Crippen LogP contribution in [0, 0.1) is 11.8 Å². The maximum atomic E-state index is 12.5. The van der Waals surface area contributed by atoms with Gasteiger partial charge in [-0.3, -0.25) is 0 Å². The number of halogens is 3. The number of hydrogen-bond donors (Lipinski definition) is 1. The minimum Gasteiger partial charge on any atom is -0.392 e. The van der Waals surface area contributed by atoms with Crippen LogP contribution in [0.1, 0.15) is 43.7 Å². The first kappa shape index (κ1) is 15.4. The van der Waals surface area contributed by atoms with Crippen molar-refractivity contribution in [3.63, 3.8) is 0 Å². The van der Waals surface area contributed by atoms with Crippen LogP contribution in [0.2, 0.25) is 0 Å². The van der Waals surface area contributed by atoms with Gasteiger partial charge in [0, 0.05) is 0 Å². The third-order valence-corrected chi connectivity index (χ3v) is 4.43. The summed E-state index contributed by atoms with van der Waals surface area (Å²) in [5.74, 6) is 0.990. The molecule has 0 aromatic heterocycles. The minimum absolute atomic E-state index is 0.294. The lowest BCUT2D eigenvalue weighted by Gasteiger charge is -2.18. The Labute approximate surface area is 117 Å². The van der Waals surface area contributed by atoms with E-state index in [1.165, 1.54) is 12.1 Å². The van der Waals surface area contributed by atoms with Crippen molar-refractivity contribution in [3.05, 3.63) is 35.4 Å². The Morgan fingerprint density at radius 1 is 1.20 bits per heavy atom. The molecule has 0 radical (unpaired) electrons. The Morgan fingerprint density at radius 3 is 2.35 bits per heavy atom. The molecular formula is C16H21F3O. The van der Waals surface area contributed by atoms with Crippen molar-refractivity contribution in [2.24, 2.45) is 11.8 Å². The molecule has 1 aromatic carbocycles. The zero-order chi connectivity index (χ0) is 14.8. The van der Waals surface area contributed by atoms with Gasteiger partial charge >= 0.3 is 6.18 Å². The average molecular weight is 286 g/mol. The van der Waals surface area contributed by atoms with Crippen molar-refractivity contribution in [3.8, 4) is 0 Å². The van der Waals surface area contributed by atoms with Crippen molar-refractivity contribution in [1.29, 1.82) is 0 Å². The van der Waals surface area contributed by atoms with Crippen LogP contribution in [0.3, 0.4) is 0 Å². The van der Waals surface area contributed by atoms with Gasteiger partial charge in [0.1, 0.15) is 0 Å².